The first-order valence-corrected chi connectivity index (χ1v) is 27.1. The molecule has 0 saturated heterocycles. The van der Waals surface area contributed by atoms with Crippen molar-refractivity contribution in [1.29, 1.82) is 5.26 Å². The van der Waals surface area contributed by atoms with Crippen molar-refractivity contribution in [3.05, 3.63) is 124 Å². The van der Waals surface area contributed by atoms with Crippen LogP contribution in [-0.2, 0) is 61.1 Å². The highest BCUT2D eigenvalue weighted by molar-refractivity contribution is 5.96. The van der Waals surface area contributed by atoms with Crippen LogP contribution in [0, 0.1) is 22.6 Å². The van der Waals surface area contributed by atoms with E-state index in [0.29, 0.717) is 28.1 Å². The summed E-state index contributed by atoms with van der Waals surface area (Å²) in [6, 6.07) is 19.0. The van der Waals surface area contributed by atoms with E-state index in [9.17, 15) is 33.6 Å². The summed E-state index contributed by atoms with van der Waals surface area (Å²) in [7, 11) is 3.28. The Kier molecular flexibility index (Phi) is 18.9. The smallest absolute Gasteiger partial charge is 0.254 e. The van der Waals surface area contributed by atoms with E-state index in [1.54, 1.807) is 43.6 Å². The molecule has 0 unspecified atom stereocenters. The molecule has 3 aromatic carbocycles. The van der Waals surface area contributed by atoms with E-state index < -0.39 is 41.4 Å². The normalized spacial score (nSPS) is 17.6. The number of nitrogens with zero attached hydrogens (tertiary/aromatic N) is 6. The SMILES string of the molecule is CN[C@H](C)C(=O)N[C@@H](C(=O)N1Cc2cc(OCCOCCOCCC(=O)NCCn3nc(C#N)c4c3CN(C)C(=O)c3ccc(F)cc3[C@@H](C)Oc3cc-4cnc3N)ccc2C[C@@H]1C(=O)N[C@H]1CCCc2ccccc21)C(C)(C)C. The maximum absolute atomic E-state index is 14.7. The minimum Gasteiger partial charge on any atom is -0.491 e. The lowest BCUT2D eigenvalue weighted by Gasteiger charge is -2.41. The summed E-state index contributed by atoms with van der Waals surface area (Å²) in [6.07, 6.45) is 3.76. The number of anilines is 1. The van der Waals surface area contributed by atoms with E-state index >= 15 is 0 Å². The summed E-state index contributed by atoms with van der Waals surface area (Å²) < 4.78 is 39.7. The number of carbonyl (C=O) groups excluding carboxylic acids is 5. The predicted molar refractivity (Wildman–Crippen MR) is 295 cm³/mol. The van der Waals surface area contributed by atoms with Gasteiger partial charge in [-0.2, -0.15) is 10.4 Å². The first-order chi connectivity index (χ1) is 38.3. The van der Waals surface area contributed by atoms with Gasteiger partial charge >= 0.3 is 0 Å². The zero-order valence-electron chi connectivity index (χ0n) is 46.5. The van der Waals surface area contributed by atoms with Crippen LogP contribution in [0.3, 0.4) is 0 Å². The second-order valence-corrected chi connectivity index (χ2v) is 21.5. The summed E-state index contributed by atoms with van der Waals surface area (Å²) in [6.45, 7) is 10.6. The molecular weight excluding hydrogens is 1030 g/mol. The molecule has 2 aromatic heterocycles. The van der Waals surface area contributed by atoms with Crippen LogP contribution in [-0.4, -0.2) is 126 Å². The van der Waals surface area contributed by atoms with Gasteiger partial charge in [-0.15, -0.1) is 0 Å². The van der Waals surface area contributed by atoms with Crippen molar-refractivity contribution in [2.24, 2.45) is 5.41 Å². The Bertz CT molecular complexity index is 3130. The third kappa shape index (κ3) is 13.7. The largest absolute Gasteiger partial charge is 0.491 e. The molecule has 0 spiro atoms. The Balaban J connectivity index is 0.814. The highest BCUT2D eigenvalue weighted by atomic mass is 19.1. The number of amides is 5. The molecule has 0 radical (unpaired) electrons. The van der Waals surface area contributed by atoms with Gasteiger partial charge < -0.3 is 55.7 Å². The lowest BCUT2D eigenvalue weighted by Crippen LogP contribution is -2.62. The third-order valence-corrected chi connectivity index (χ3v) is 14.8. The van der Waals surface area contributed by atoms with Crippen molar-refractivity contribution >= 4 is 35.4 Å². The monoisotopic (exact) mass is 1100 g/mol. The summed E-state index contributed by atoms with van der Waals surface area (Å²) in [5.74, 6) is -1.28. The van der Waals surface area contributed by atoms with Gasteiger partial charge in [0.1, 0.15) is 42.4 Å². The van der Waals surface area contributed by atoms with E-state index in [4.69, 9.17) is 24.7 Å². The maximum Gasteiger partial charge on any atom is 0.254 e. The van der Waals surface area contributed by atoms with E-state index in [2.05, 4.69) is 49.6 Å². The standard InChI is InChI=1S/C59H72FN11O9/c1-35(63-6)55(73)67-53(59(3,4)5)58(76)70-33-40-27-42(17-15-38(40)28-48(70)56(74)66-46-14-10-12-37-11-8-9-13-43(37)46)79-26-25-78-24-23-77-22-19-51(72)64-20-21-71-49-34-69(7)57(75)44-18-16-41(60)30-45(44)36(2)80-50-29-39(32-65-54(50)62)52(49)47(31-61)68-71/h8-9,11,13,15-18,27,29-30,32,35-36,46,48,53,63H,10,12,14,19-26,28,33-34H2,1-7H3,(H2,62,65)(H,64,72)(H,66,74)(H,67,73)/t35-,36-,46+,48-,53+/m1/s1. The number of halogens is 1. The van der Waals surface area contributed by atoms with Crippen molar-refractivity contribution in [2.45, 2.75) is 117 Å². The van der Waals surface area contributed by atoms with Crippen LogP contribution in [0.5, 0.6) is 11.5 Å². The van der Waals surface area contributed by atoms with Crippen LogP contribution in [0.1, 0.15) is 116 Å². The number of ether oxygens (including phenoxy) is 4. The van der Waals surface area contributed by atoms with Gasteiger partial charge in [0.25, 0.3) is 5.91 Å². The summed E-state index contributed by atoms with van der Waals surface area (Å²) in [5, 5.41) is 26.8. The number of aryl methyl sites for hydroxylation is 1. The molecule has 424 valence electrons. The van der Waals surface area contributed by atoms with Crippen molar-refractivity contribution in [3.63, 3.8) is 0 Å². The highest BCUT2D eigenvalue weighted by Gasteiger charge is 2.43. The van der Waals surface area contributed by atoms with Crippen molar-refractivity contribution in [3.8, 4) is 28.7 Å². The fourth-order valence-electron chi connectivity index (χ4n) is 10.3. The zero-order valence-corrected chi connectivity index (χ0v) is 46.5. The van der Waals surface area contributed by atoms with Gasteiger partial charge in [0.2, 0.25) is 23.6 Å². The summed E-state index contributed by atoms with van der Waals surface area (Å²) in [5.41, 5.74) is 11.6. The number of nitrogens with one attached hydrogen (secondary N) is 4. The van der Waals surface area contributed by atoms with Gasteiger partial charge in [-0.1, -0.05) is 51.1 Å². The van der Waals surface area contributed by atoms with Gasteiger partial charge in [0.15, 0.2) is 17.3 Å². The van der Waals surface area contributed by atoms with Gasteiger partial charge in [-0.25, -0.2) is 9.37 Å². The number of likely N-dealkylation sites (N-methyl/N-ethyl adjacent to an activating group) is 1. The zero-order chi connectivity index (χ0) is 57.3. The van der Waals surface area contributed by atoms with Gasteiger partial charge in [-0.3, -0.25) is 28.7 Å². The van der Waals surface area contributed by atoms with E-state index in [1.165, 1.54) is 34.9 Å². The number of hydrogen-bond acceptors (Lipinski definition) is 14. The predicted octanol–water partition coefficient (Wildman–Crippen LogP) is 5.47. The number of fused-ring (bicyclic) bond motifs is 7. The van der Waals surface area contributed by atoms with Gasteiger partial charge in [0, 0.05) is 61.4 Å². The Hall–Kier alpha value is -7.93. The first-order valence-electron chi connectivity index (χ1n) is 27.1. The van der Waals surface area contributed by atoms with E-state index in [1.807, 2.05) is 51.1 Å². The molecular formula is C59H72FN11O9. The molecule has 3 aliphatic rings. The quantitative estimate of drug-likeness (QED) is 0.0644. The van der Waals surface area contributed by atoms with Crippen molar-refractivity contribution < 1.29 is 47.3 Å². The lowest BCUT2D eigenvalue weighted by atomic mass is 9.83. The van der Waals surface area contributed by atoms with E-state index in [0.717, 1.165) is 36.0 Å². The molecule has 5 amide bonds. The first kappa shape index (κ1) is 58.2. The number of benzene rings is 3. The molecule has 4 heterocycles. The molecule has 21 heteroatoms. The number of pyridine rings is 1. The number of nitrogens with two attached hydrogens (primary N) is 1. The Morgan fingerprint density at radius 3 is 2.49 bits per heavy atom. The Morgan fingerprint density at radius 1 is 0.963 bits per heavy atom. The number of hydrogen-bond donors (Lipinski definition) is 5. The van der Waals surface area contributed by atoms with Crippen LogP contribution in [0.2, 0.25) is 0 Å². The molecule has 2 bridgehead atoms. The molecule has 20 nitrogen and oxygen atoms in total. The highest BCUT2D eigenvalue weighted by Crippen LogP contribution is 2.37. The minimum atomic E-state index is -0.910. The van der Waals surface area contributed by atoms with Crippen LogP contribution < -0.4 is 36.5 Å². The second kappa shape index (κ2) is 25.9. The molecule has 2 aliphatic heterocycles. The number of carbonyl (C=O) groups is 5. The number of nitrogen functional groups attached to an aromatic ring is 1. The average molecular weight is 1100 g/mol. The van der Waals surface area contributed by atoms with Crippen LogP contribution in [0.15, 0.2) is 72.9 Å². The summed E-state index contributed by atoms with van der Waals surface area (Å²) >= 11 is 0. The van der Waals surface area contributed by atoms with E-state index in [-0.39, 0.29) is 125 Å². The topological polar surface area (TPSA) is 257 Å². The second-order valence-electron chi connectivity index (χ2n) is 21.5. The third-order valence-electron chi connectivity index (χ3n) is 14.8. The molecule has 6 N–H and O–H groups in total. The lowest BCUT2D eigenvalue weighted by molar-refractivity contribution is -0.147. The molecule has 5 atom stereocenters. The maximum atomic E-state index is 14.7. The summed E-state index contributed by atoms with van der Waals surface area (Å²) in [4.78, 5) is 76.5. The number of aromatic nitrogens is 3. The molecule has 0 saturated carbocycles. The van der Waals surface area contributed by atoms with Crippen molar-refractivity contribution in [1.82, 2.24) is 45.8 Å². The van der Waals surface area contributed by atoms with Crippen LogP contribution in [0.4, 0.5) is 10.2 Å². The number of nitriles is 1. The minimum absolute atomic E-state index is 0.0141. The number of rotatable bonds is 19. The van der Waals surface area contributed by atoms with Crippen LogP contribution in [0.25, 0.3) is 11.1 Å². The molecule has 8 rings (SSSR count). The molecule has 0 fully saturated rings. The van der Waals surface area contributed by atoms with Gasteiger partial charge in [-0.05, 0) is 104 Å². The Morgan fingerprint density at radius 2 is 1.73 bits per heavy atom. The van der Waals surface area contributed by atoms with Crippen molar-refractivity contribution in [2.75, 3.05) is 59.4 Å². The fourth-order valence-corrected chi connectivity index (χ4v) is 10.3. The van der Waals surface area contributed by atoms with Crippen LogP contribution >= 0.6 is 0 Å². The molecule has 1 aliphatic carbocycles. The molecule has 5 aromatic rings. The van der Waals surface area contributed by atoms with Gasteiger partial charge in [0.05, 0.1) is 57.3 Å². The average Bonchev–Trinajstić information content (AvgIpc) is 3.81. The molecule has 80 heavy (non-hydrogen) atoms. The fraction of sp³-hybridized carbons (Fsp3) is 0.458. The Labute approximate surface area is 465 Å².